The first-order valence-corrected chi connectivity index (χ1v) is 5.48. The summed E-state index contributed by atoms with van der Waals surface area (Å²) in [5.74, 6) is 1.13. The molecule has 0 bridgehead atoms. The van der Waals surface area contributed by atoms with Crippen LogP contribution in [-0.2, 0) is 6.42 Å². The standard InChI is InChI=1S/C12H18N4/c1-9(13)7-10-8-14-11-5-4-6-12(15(2)3)16(10)11/h4-6,8-9H,7,13H2,1-3H3. The van der Waals surface area contributed by atoms with Crippen LogP contribution in [0.5, 0.6) is 0 Å². The Morgan fingerprint density at radius 1 is 1.44 bits per heavy atom. The van der Waals surface area contributed by atoms with E-state index >= 15 is 0 Å². The molecular formula is C12H18N4. The summed E-state index contributed by atoms with van der Waals surface area (Å²) in [4.78, 5) is 6.48. The Hall–Kier alpha value is -1.55. The van der Waals surface area contributed by atoms with Gasteiger partial charge in [-0.2, -0.15) is 0 Å². The summed E-state index contributed by atoms with van der Waals surface area (Å²) in [7, 11) is 4.06. The molecule has 0 spiro atoms. The van der Waals surface area contributed by atoms with Gasteiger partial charge in [-0.25, -0.2) is 4.98 Å². The van der Waals surface area contributed by atoms with Gasteiger partial charge >= 0.3 is 0 Å². The Kier molecular flexibility index (Phi) is 2.83. The average Bonchev–Trinajstić information content (AvgIpc) is 2.60. The van der Waals surface area contributed by atoms with E-state index in [1.165, 1.54) is 0 Å². The summed E-state index contributed by atoms with van der Waals surface area (Å²) >= 11 is 0. The van der Waals surface area contributed by atoms with Crippen molar-refractivity contribution in [3.63, 3.8) is 0 Å². The number of rotatable bonds is 3. The number of aromatic nitrogens is 2. The Labute approximate surface area is 95.7 Å². The monoisotopic (exact) mass is 218 g/mol. The zero-order valence-electron chi connectivity index (χ0n) is 10.0. The highest BCUT2D eigenvalue weighted by molar-refractivity contribution is 5.52. The fraction of sp³-hybridized carbons (Fsp3) is 0.417. The summed E-state index contributed by atoms with van der Waals surface area (Å²) < 4.78 is 2.16. The lowest BCUT2D eigenvalue weighted by Crippen LogP contribution is -2.20. The second-order valence-corrected chi connectivity index (χ2v) is 4.40. The minimum absolute atomic E-state index is 0.148. The molecular weight excluding hydrogens is 200 g/mol. The van der Waals surface area contributed by atoms with Crippen molar-refractivity contribution in [3.8, 4) is 0 Å². The minimum atomic E-state index is 0.148. The van der Waals surface area contributed by atoms with Crippen molar-refractivity contribution in [3.05, 3.63) is 30.1 Å². The average molecular weight is 218 g/mol. The number of nitrogens with zero attached hydrogens (tertiary/aromatic N) is 3. The number of hydrogen-bond donors (Lipinski definition) is 1. The summed E-state index contributed by atoms with van der Waals surface area (Å²) in [6.45, 7) is 2.01. The van der Waals surface area contributed by atoms with Crippen molar-refractivity contribution in [2.45, 2.75) is 19.4 Å². The number of fused-ring (bicyclic) bond motifs is 1. The number of nitrogens with two attached hydrogens (primary N) is 1. The maximum Gasteiger partial charge on any atom is 0.138 e. The maximum atomic E-state index is 5.85. The van der Waals surface area contributed by atoms with E-state index in [4.69, 9.17) is 5.73 Å². The zero-order valence-corrected chi connectivity index (χ0v) is 10.0. The highest BCUT2D eigenvalue weighted by atomic mass is 15.2. The molecule has 16 heavy (non-hydrogen) atoms. The van der Waals surface area contributed by atoms with Crippen molar-refractivity contribution < 1.29 is 0 Å². The van der Waals surface area contributed by atoms with E-state index in [1.807, 2.05) is 39.3 Å². The van der Waals surface area contributed by atoms with Crippen LogP contribution in [0.3, 0.4) is 0 Å². The van der Waals surface area contributed by atoms with Gasteiger partial charge in [-0.05, 0) is 19.1 Å². The second-order valence-electron chi connectivity index (χ2n) is 4.40. The van der Waals surface area contributed by atoms with Crippen LogP contribution < -0.4 is 10.6 Å². The van der Waals surface area contributed by atoms with Crippen LogP contribution >= 0.6 is 0 Å². The third kappa shape index (κ3) is 1.88. The Bertz CT molecular complexity index is 485. The van der Waals surface area contributed by atoms with E-state index in [2.05, 4.69) is 20.4 Å². The van der Waals surface area contributed by atoms with Crippen LogP contribution in [0.1, 0.15) is 12.6 Å². The molecule has 4 nitrogen and oxygen atoms in total. The molecule has 0 aliphatic carbocycles. The topological polar surface area (TPSA) is 46.6 Å². The predicted molar refractivity (Wildman–Crippen MR) is 66.9 cm³/mol. The van der Waals surface area contributed by atoms with Crippen molar-refractivity contribution in [2.75, 3.05) is 19.0 Å². The van der Waals surface area contributed by atoms with Crippen molar-refractivity contribution in [1.29, 1.82) is 0 Å². The molecule has 0 radical (unpaired) electrons. The molecule has 0 aliphatic heterocycles. The fourth-order valence-electron chi connectivity index (χ4n) is 1.90. The summed E-state index contributed by atoms with van der Waals surface area (Å²) in [5.41, 5.74) is 7.98. The number of hydrogen-bond acceptors (Lipinski definition) is 3. The van der Waals surface area contributed by atoms with Gasteiger partial charge in [-0.1, -0.05) is 6.07 Å². The summed E-state index contributed by atoms with van der Waals surface area (Å²) in [6.07, 6.45) is 2.75. The van der Waals surface area contributed by atoms with Crippen LogP contribution in [-0.4, -0.2) is 29.5 Å². The van der Waals surface area contributed by atoms with Crippen molar-refractivity contribution in [1.82, 2.24) is 9.38 Å². The predicted octanol–water partition coefficient (Wildman–Crippen LogP) is 1.29. The number of anilines is 1. The van der Waals surface area contributed by atoms with Gasteiger partial charge in [0.1, 0.15) is 11.5 Å². The third-order valence-electron chi connectivity index (χ3n) is 2.57. The van der Waals surface area contributed by atoms with Gasteiger partial charge in [0.25, 0.3) is 0 Å². The fourth-order valence-corrected chi connectivity index (χ4v) is 1.90. The third-order valence-corrected chi connectivity index (χ3v) is 2.57. The van der Waals surface area contributed by atoms with Gasteiger partial charge in [-0.3, -0.25) is 4.40 Å². The highest BCUT2D eigenvalue weighted by Gasteiger charge is 2.09. The normalized spacial score (nSPS) is 13.0. The first kappa shape index (κ1) is 11.0. The van der Waals surface area contributed by atoms with E-state index in [-0.39, 0.29) is 6.04 Å². The molecule has 1 unspecified atom stereocenters. The first-order chi connectivity index (χ1) is 7.59. The van der Waals surface area contributed by atoms with Gasteiger partial charge in [0.15, 0.2) is 0 Å². The van der Waals surface area contributed by atoms with Crippen LogP contribution in [0.2, 0.25) is 0 Å². The molecule has 4 heteroatoms. The largest absolute Gasteiger partial charge is 0.364 e. The number of pyridine rings is 1. The molecule has 0 aromatic carbocycles. The molecule has 0 fully saturated rings. The minimum Gasteiger partial charge on any atom is -0.364 e. The molecule has 0 amide bonds. The Morgan fingerprint density at radius 2 is 2.19 bits per heavy atom. The second kappa shape index (κ2) is 4.14. The zero-order chi connectivity index (χ0) is 11.7. The lowest BCUT2D eigenvalue weighted by Gasteiger charge is -2.16. The lowest BCUT2D eigenvalue weighted by molar-refractivity contribution is 0.716. The number of imidazole rings is 1. The summed E-state index contributed by atoms with van der Waals surface area (Å²) in [6, 6.07) is 6.26. The van der Waals surface area contributed by atoms with Crippen LogP contribution in [0.4, 0.5) is 5.82 Å². The Balaban J connectivity index is 2.58. The highest BCUT2D eigenvalue weighted by Crippen LogP contribution is 2.18. The van der Waals surface area contributed by atoms with Gasteiger partial charge in [0.2, 0.25) is 0 Å². The molecule has 0 saturated carbocycles. The van der Waals surface area contributed by atoms with E-state index in [0.29, 0.717) is 0 Å². The lowest BCUT2D eigenvalue weighted by atomic mass is 10.2. The van der Waals surface area contributed by atoms with Gasteiger partial charge in [0.05, 0.1) is 0 Å². The van der Waals surface area contributed by atoms with E-state index in [0.717, 1.165) is 23.6 Å². The van der Waals surface area contributed by atoms with E-state index < -0.39 is 0 Å². The molecule has 0 aliphatic rings. The van der Waals surface area contributed by atoms with Gasteiger partial charge in [-0.15, -0.1) is 0 Å². The molecule has 2 aromatic rings. The molecule has 2 aromatic heterocycles. The van der Waals surface area contributed by atoms with Crippen LogP contribution in [0.25, 0.3) is 5.65 Å². The van der Waals surface area contributed by atoms with Crippen molar-refractivity contribution in [2.24, 2.45) is 5.73 Å². The first-order valence-electron chi connectivity index (χ1n) is 5.48. The van der Waals surface area contributed by atoms with E-state index in [1.54, 1.807) is 0 Å². The molecule has 0 saturated heterocycles. The molecule has 2 heterocycles. The smallest absolute Gasteiger partial charge is 0.138 e. The van der Waals surface area contributed by atoms with Crippen LogP contribution in [0, 0.1) is 0 Å². The van der Waals surface area contributed by atoms with Crippen molar-refractivity contribution >= 4 is 11.5 Å². The van der Waals surface area contributed by atoms with Gasteiger partial charge in [0, 0.05) is 38.4 Å². The van der Waals surface area contributed by atoms with Crippen LogP contribution in [0.15, 0.2) is 24.4 Å². The molecule has 1 atom stereocenters. The molecule has 2 rings (SSSR count). The quantitative estimate of drug-likeness (QED) is 0.844. The maximum absolute atomic E-state index is 5.85. The SMILES string of the molecule is CC(N)Cc1cnc2cccc(N(C)C)n12. The molecule has 86 valence electrons. The van der Waals surface area contributed by atoms with Gasteiger partial charge < -0.3 is 10.6 Å². The Morgan fingerprint density at radius 3 is 2.81 bits per heavy atom. The molecule has 2 N–H and O–H groups in total. The summed E-state index contributed by atoms with van der Waals surface area (Å²) in [5, 5.41) is 0. The van der Waals surface area contributed by atoms with E-state index in [9.17, 15) is 0 Å².